The molecule has 1 aromatic carbocycles. The van der Waals surface area contributed by atoms with E-state index in [1.54, 1.807) is 0 Å². The molecule has 1 heterocycles. The van der Waals surface area contributed by atoms with Crippen LogP contribution in [-0.4, -0.2) is 61.5 Å². The minimum atomic E-state index is 0.135. The van der Waals surface area contributed by atoms with Gasteiger partial charge in [0.25, 0.3) is 0 Å². The van der Waals surface area contributed by atoms with E-state index >= 15 is 0 Å². The van der Waals surface area contributed by atoms with Crippen LogP contribution < -0.4 is 5.32 Å². The zero-order chi connectivity index (χ0) is 16.5. The second-order valence-corrected chi connectivity index (χ2v) is 6.54. The van der Waals surface area contributed by atoms with Crippen LogP contribution in [0.4, 0.5) is 0 Å². The predicted molar refractivity (Wildman–Crippen MR) is 96.0 cm³/mol. The predicted octanol–water partition coefficient (Wildman–Crippen LogP) is 2.42. The number of halogens is 1. The number of benzene rings is 1. The number of rotatable bonds is 8. The molecular formula is C18H28ClN3O. The molecule has 1 aliphatic rings. The van der Waals surface area contributed by atoms with Crippen LogP contribution in [0.15, 0.2) is 24.3 Å². The van der Waals surface area contributed by atoms with Gasteiger partial charge in [-0.3, -0.25) is 4.79 Å². The fourth-order valence-corrected chi connectivity index (χ4v) is 2.98. The Bertz CT molecular complexity index is 470. The lowest BCUT2D eigenvalue weighted by Gasteiger charge is -2.33. The number of carbonyl (C=O) groups excluding carboxylic acids is 1. The van der Waals surface area contributed by atoms with E-state index in [0.717, 1.165) is 56.2 Å². The van der Waals surface area contributed by atoms with Crippen molar-refractivity contribution < 1.29 is 4.79 Å². The molecule has 4 nitrogen and oxygen atoms in total. The Labute approximate surface area is 144 Å². The van der Waals surface area contributed by atoms with Gasteiger partial charge in [0.15, 0.2) is 0 Å². The largest absolute Gasteiger partial charge is 0.356 e. The number of piperazine rings is 1. The van der Waals surface area contributed by atoms with Gasteiger partial charge in [0.1, 0.15) is 0 Å². The molecule has 5 heteroatoms. The molecule has 0 spiro atoms. The zero-order valence-corrected chi connectivity index (χ0v) is 14.8. The van der Waals surface area contributed by atoms with Gasteiger partial charge in [-0.25, -0.2) is 0 Å². The number of nitrogens with zero attached hydrogens (tertiary/aromatic N) is 2. The van der Waals surface area contributed by atoms with Gasteiger partial charge in [0.2, 0.25) is 5.91 Å². The summed E-state index contributed by atoms with van der Waals surface area (Å²) in [5.74, 6) is 0.135. The van der Waals surface area contributed by atoms with E-state index in [1.165, 1.54) is 13.1 Å². The summed E-state index contributed by atoms with van der Waals surface area (Å²) in [4.78, 5) is 16.8. The summed E-state index contributed by atoms with van der Waals surface area (Å²) >= 11 is 5.85. The average molecular weight is 338 g/mol. The van der Waals surface area contributed by atoms with Crippen LogP contribution in [0.2, 0.25) is 5.02 Å². The molecule has 1 N–H and O–H groups in total. The molecule has 1 aliphatic heterocycles. The number of hydrogen-bond acceptors (Lipinski definition) is 3. The average Bonchev–Trinajstić information content (AvgIpc) is 2.59. The Morgan fingerprint density at radius 3 is 2.43 bits per heavy atom. The van der Waals surface area contributed by atoms with Gasteiger partial charge in [0.05, 0.1) is 0 Å². The van der Waals surface area contributed by atoms with Crippen LogP contribution in [0.5, 0.6) is 0 Å². The van der Waals surface area contributed by atoms with Crippen molar-refractivity contribution in [1.82, 2.24) is 15.1 Å². The molecule has 0 radical (unpaired) electrons. The third kappa shape index (κ3) is 6.90. The molecule has 1 saturated heterocycles. The molecule has 128 valence electrons. The van der Waals surface area contributed by atoms with Crippen LogP contribution in [0, 0.1) is 0 Å². The number of likely N-dealkylation sites (N-methyl/N-ethyl adjacent to an activating group) is 1. The standard InChI is InChI=1S/C18H28ClN3O/c1-2-21-12-14-22(15-13-21)11-3-10-20-18(23)9-6-16-4-7-17(19)8-5-16/h4-5,7-8H,2-3,6,9-15H2,1H3,(H,20,23). The first-order valence-electron chi connectivity index (χ1n) is 8.63. The third-order valence-electron chi connectivity index (χ3n) is 4.44. The maximum Gasteiger partial charge on any atom is 0.220 e. The van der Waals surface area contributed by atoms with E-state index in [0.29, 0.717) is 6.42 Å². The Morgan fingerprint density at radius 1 is 1.13 bits per heavy atom. The first-order chi connectivity index (χ1) is 11.2. The van der Waals surface area contributed by atoms with Gasteiger partial charge in [-0.1, -0.05) is 30.7 Å². The Kier molecular flexibility index (Phi) is 7.86. The SMILES string of the molecule is CCN1CCN(CCCNC(=O)CCc2ccc(Cl)cc2)CC1. The molecule has 0 saturated carbocycles. The highest BCUT2D eigenvalue weighted by atomic mass is 35.5. The molecule has 1 amide bonds. The number of amides is 1. The second kappa shape index (κ2) is 9.91. The van der Waals surface area contributed by atoms with Crippen LogP contribution in [0.25, 0.3) is 0 Å². The van der Waals surface area contributed by atoms with Crippen molar-refractivity contribution in [3.05, 3.63) is 34.9 Å². The highest BCUT2D eigenvalue weighted by Gasteiger charge is 2.14. The molecule has 0 aromatic heterocycles. The van der Waals surface area contributed by atoms with Crippen molar-refractivity contribution in [2.75, 3.05) is 45.8 Å². The summed E-state index contributed by atoms with van der Waals surface area (Å²) < 4.78 is 0. The number of carbonyl (C=O) groups is 1. The molecular weight excluding hydrogens is 310 g/mol. The van der Waals surface area contributed by atoms with Crippen LogP contribution in [0.1, 0.15) is 25.3 Å². The first kappa shape index (κ1) is 18.2. The van der Waals surface area contributed by atoms with Crippen LogP contribution in [0.3, 0.4) is 0 Å². The van der Waals surface area contributed by atoms with Gasteiger partial charge in [-0.2, -0.15) is 0 Å². The topological polar surface area (TPSA) is 35.6 Å². The molecule has 0 atom stereocenters. The normalized spacial score (nSPS) is 16.4. The molecule has 23 heavy (non-hydrogen) atoms. The van der Waals surface area contributed by atoms with E-state index in [9.17, 15) is 4.79 Å². The number of aryl methyl sites for hydroxylation is 1. The summed E-state index contributed by atoms with van der Waals surface area (Å²) in [6, 6.07) is 7.69. The number of hydrogen-bond donors (Lipinski definition) is 1. The first-order valence-corrected chi connectivity index (χ1v) is 9.01. The van der Waals surface area contributed by atoms with Gasteiger partial charge in [-0.15, -0.1) is 0 Å². The van der Waals surface area contributed by atoms with Crippen LogP contribution in [-0.2, 0) is 11.2 Å². The monoisotopic (exact) mass is 337 g/mol. The lowest BCUT2D eigenvalue weighted by atomic mass is 10.1. The summed E-state index contributed by atoms with van der Waals surface area (Å²) in [5.41, 5.74) is 1.15. The van der Waals surface area contributed by atoms with Gasteiger partial charge >= 0.3 is 0 Å². The number of nitrogens with one attached hydrogen (secondary N) is 1. The summed E-state index contributed by atoms with van der Waals surface area (Å²) in [7, 11) is 0. The third-order valence-corrected chi connectivity index (χ3v) is 4.69. The Morgan fingerprint density at radius 2 is 1.78 bits per heavy atom. The van der Waals surface area contributed by atoms with E-state index in [4.69, 9.17) is 11.6 Å². The summed E-state index contributed by atoms with van der Waals surface area (Å²) in [6.07, 6.45) is 2.33. The fraction of sp³-hybridized carbons (Fsp3) is 0.611. The minimum Gasteiger partial charge on any atom is -0.356 e. The zero-order valence-electron chi connectivity index (χ0n) is 14.1. The molecule has 0 unspecified atom stereocenters. The molecule has 1 aromatic rings. The minimum absolute atomic E-state index is 0.135. The van der Waals surface area contributed by atoms with Crippen molar-refractivity contribution in [3.63, 3.8) is 0 Å². The summed E-state index contributed by atoms with van der Waals surface area (Å²) in [6.45, 7) is 9.86. The van der Waals surface area contributed by atoms with Crippen LogP contribution >= 0.6 is 11.6 Å². The highest BCUT2D eigenvalue weighted by Crippen LogP contribution is 2.10. The van der Waals surface area contributed by atoms with Crippen molar-refractivity contribution in [2.45, 2.75) is 26.2 Å². The van der Waals surface area contributed by atoms with Gasteiger partial charge in [-0.05, 0) is 43.6 Å². The Balaban J connectivity index is 1.52. The highest BCUT2D eigenvalue weighted by molar-refractivity contribution is 6.30. The maximum absolute atomic E-state index is 11.9. The Hall–Kier alpha value is -1.10. The molecule has 1 fully saturated rings. The van der Waals surface area contributed by atoms with Gasteiger partial charge in [0, 0.05) is 44.2 Å². The van der Waals surface area contributed by atoms with E-state index in [2.05, 4.69) is 22.0 Å². The van der Waals surface area contributed by atoms with Crippen molar-refractivity contribution in [2.24, 2.45) is 0 Å². The second-order valence-electron chi connectivity index (χ2n) is 6.11. The lowest BCUT2D eigenvalue weighted by molar-refractivity contribution is -0.121. The van der Waals surface area contributed by atoms with E-state index in [-0.39, 0.29) is 5.91 Å². The van der Waals surface area contributed by atoms with Crippen molar-refractivity contribution in [1.29, 1.82) is 0 Å². The van der Waals surface area contributed by atoms with Crippen molar-refractivity contribution in [3.8, 4) is 0 Å². The maximum atomic E-state index is 11.9. The molecule has 0 bridgehead atoms. The van der Waals surface area contributed by atoms with Crippen molar-refractivity contribution >= 4 is 17.5 Å². The molecule has 2 rings (SSSR count). The summed E-state index contributed by atoms with van der Waals surface area (Å²) in [5, 5.41) is 3.76. The fourth-order valence-electron chi connectivity index (χ4n) is 2.86. The van der Waals surface area contributed by atoms with Gasteiger partial charge < -0.3 is 15.1 Å². The smallest absolute Gasteiger partial charge is 0.220 e. The quantitative estimate of drug-likeness (QED) is 0.740. The molecule has 0 aliphatic carbocycles. The van der Waals surface area contributed by atoms with E-state index < -0.39 is 0 Å². The van der Waals surface area contributed by atoms with E-state index in [1.807, 2.05) is 24.3 Å². The lowest BCUT2D eigenvalue weighted by Crippen LogP contribution is -2.46.